The van der Waals surface area contributed by atoms with Crippen LogP contribution in [0.1, 0.15) is 32.5 Å². The lowest BCUT2D eigenvalue weighted by molar-refractivity contribution is 0.392. The van der Waals surface area contributed by atoms with Gasteiger partial charge in [-0.2, -0.15) is 0 Å². The quantitative estimate of drug-likeness (QED) is 0.813. The van der Waals surface area contributed by atoms with E-state index in [0.29, 0.717) is 11.9 Å². The predicted molar refractivity (Wildman–Crippen MR) is 72.2 cm³/mol. The van der Waals surface area contributed by atoms with E-state index in [9.17, 15) is 0 Å². The van der Waals surface area contributed by atoms with Crippen molar-refractivity contribution < 1.29 is 0 Å². The number of aromatic nitrogens is 2. The molecule has 0 amide bonds. The molecule has 17 heavy (non-hydrogen) atoms. The van der Waals surface area contributed by atoms with Gasteiger partial charge in [-0.05, 0) is 21.0 Å². The first-order chi connectivity index (χ1) is 7.88. The van der Waals surface area contributed by atoms with Crippen LogP contribution in [0.25, 0.3) is 0 Å². The summed E-state index contributed by atoms with van der Waals surface area (Å²) in [7, 11) is 4.10. The molecular weight excluding hydrogens is 214 g/mol. The Kier molecular flexibility index (Phi) is 4.69. The van der Waals surface area contributed by atoms with Crippen molar-refractivity contribution in [2.24, 2.45) is 0 Å². The van der Waals surface area contributed by atoms with Crippen LogP contribution in [0.15, 0.2) is 6.07 Å². The molecule has 0 aliphatic rings. The molecule has 0 aromatic carbocycles. The molecule has 0 bridgehead atoms. The van der Waals surface area contributed by atoms with E-state index in [-0.39, 0.29) is 5.92 Å². The Bertz CT molecular complexity index is 362. The van der Waals surface area contributed by atoms with E-state index in [1.54, 1.807) is 6.07 Å². The highest BCUT2D eigenvalue weighted by atomic mass is 15.1. The fourth-order valence-corrected chi connectivity index (χ4v) is 1.66. The predicted octanol–water partition coefficient (Wildman–Crippen LogP) is 1.54. The van der Waals surface area contributed by atoms with Crippen LogP contribution >= 0.6 is 0 Å². The Morgan fingerprint density at radius 3 is 2.47 bits per heavy atom. The zero-order valence-electron chi connectivity index (χ0n) is 11.4. The van der Waals surface area contributed by atoms with Crippen molar-refractivity contribution >= 4 is 11.6 Å². The molecule has 3 N–H and O–H groups in total. The van der Waals surface area contributed by atoms with Crippen LogP contribution in [-0.2, 0) is 0 Å². The van der Waals surface area contributed by atoms with Gasteiger partial charge >= 0.3 is 0 Å². The molecule has 1 unspecified atom stereocenters. The summed E-state index contributed by atoms with van der Waals surface area (Å²) < 4.78 is 0. The third-order valence-corrected chi connectivity index (χ3v) is 2.31. The number of rotatable bonds is 5. The molecular formula is C12H23N5. The number of nitrogens with zero attached hydrogens (tertiary/aromatic N) is 3. The molecule has 1 aromatic rings. The standard InChI is InChI=1S/C12H23N5/c1-8(2)12-15-10(13)6-11(16-12)14-9(3)7-17(4)5/h6,8-9H,7H2,1-5H3,(H3,13,14,15,16). The van der Waals surface area contributed by atoms with Crippen molar-refractivity contribution in [1.82, 2.24) is 14.9 Å². The first kappa shape index (κ1) is 13.7. The summed E-state index contributed by atoms with van der Waals surface area (Å²) in [6.07, 6.45) is 0. The summed E-state index contributed by atoms with van der Waals surface area (Å²) >= 11 is 0. The first-order valence-corrected chi connectivity index (χ1v) is 5.94. The molecule has 0 spiro atoms. The van der Waals surface area contributed by atoms with Crippen LogP contribution in [0.5, 0.6) is 0 Å². The van der Waals surface area contributed by atoms with E-state index in [0.717, 1.165) is 18.2 Å². The summed E-state index contributed by atoms with van der Waals surface area (Å²) in [6.45, 7) is 7.18. The molecule has 5 heteroatoms. The number of nitrogens with one attached hydrogen (secondary N) is 1. The van der Waals surface area contributed by atoms with E-state index in [2.05, 4.69) is 41.0 Å². The van der Waals surface area contributed by atoms with Gasteiger partial charge in [-0.3, -0.25) is 0 Å². The summed E-state index contributed by atoms with van der Waals surface area (Å²) in [6, 6.07) is 2.09. The monoisotopic (exact) mass is 237 g/mol. The van der Waals surface area contributed by atoms with Gasteiger partial charge in [-0.1, -0.05) is 13.8 Å². The van der Waals surface area contributed by atoms with Crippen molar-refractivity contribution in [2.75, 3.05) is 31.7 Å². The zero-order chi connectivity index (χ0) is 13.0. The minimum absolute atomic E-state index is 0.281. The van der Waals surface area contributed by atoms with Gasteiger partial charge in [0, 0.05) is 24.6 Å². The highest BCUT2D eigenvalue weighted by Crippen LogP contribution is 2.15. The van der Waals surface area contributed by atoms with Crippen molar-refractivity contribution in [3.8, 4) is 0 Å². The SMILES string of the molecule is CC(CN(C)C)Nc1cc(N)nc(C(C)C)n1. The molecule has 0 saturated heterocycles. The van der Waals surface area contributed by atoms with Crippen LogP contribution in [0.4, 0.5) is 11.6 Å². The van der Waals surface area contributed by atoms with Gasteiger partial charge in [0.15, 0.2) is 0 Å². The average molecular weight is 237 g/mol. The van der Waals surface area contributed by atoms with Gasteiger partial charge in [0.1, 0.15) is 17.5 Å². The lowest BCUT2D eigenvalue weighted by Crippen LogP contribution is -2.30. The Morgan fingerprint density at radius 1 is 1.29 bits per heavy atom. The zero-order valence-corrected chi connectivity index (χ0v) is 11.4. The van der Waals surface area contributed by atoms with E-state index >= 15 is 0 Å². The minimum atomic E-state index is 0.281. The largest absolute Gasteiger partial charge is 0.384 e. The van der Waals surface area contributed by atoms with E-state index < -0.39 is 0 Å². The Morgan fingerprint density at radius 2 is 1.94 bits per heavy atom. The molecule has 1 aromatic heterocycles. The maximum Gasteiger partial charge on any atom is 0.135 e. The number of likely N-dealkylation sites (N-methyl/N-ethyl adjacent to an activating group) is 1. The van der Waals surface area contributed by atoms with Crippen LogP contribution in [0, 0.1) is 0 Å². The Hall–Kier alpha value is -1.36. The van der Waals surface area contributed by atoms with E-state index in [1.165, 1.54) is 0 Å². The topological polar surface area (TPSA) is 67.1 Å². The molecule has 0 aliphatic carbocycles. The second-order valence-electron chi connectivity index (χ2n) is 5.00. The van der Waals surface area contributed by atoms with E-state index in [1.807, 2.05) is 14.1 Å². The smallest absolute Gasteiger partial charge is 0.135 e. The molecule has 1 atom stereocenters. The van der Waals surface area contributed by atoms with Crippen molar-refractivity contribution in [2.45, 2.75) is 32.7 Å². The second kappa shape index (κ2) is 5.82. The molecule has 1 rings (SSSR count). The van der Waals surface area contributed by atoms with E-state index in [4.69, 9.17) is 5.73 Å². The maximum atomic E-state index is 5.77. The third-order valence-electron chi connectivity index (χ3n) is 2.31. The number of anilines is 2. The fraction of sp³-hybridized carbons (Fsp3) is 0.667. The van der Waals surface area contributed by atoms with Crippen LogP contribution in [0.3, 0.4) is 0 Å². The molecule has 1 heterocycles. The minimum Gasteiger partial charge on any atom is -0.384 e. The van der Waals surface area contributed by atoms with Gasteiger partial charge in [-0.25, -0.2) is 9.97 Å². The highest BCUT2D eigenvalue weighted by molar-refractivity contribution is 5.45. The second-order valence-corrected chi connectivity index (χ2v) is 5.00. The number of hydrogen-bond acceptors (Lipinski definition) is 5. The molecule has 0 saturated carbocycles. The lowest BCUT2D eigenvalue weighted by Gasteiger charge is -2.19. The van der Waals surface area contributed by atoms with Gasteiger partial charge < -0.3 is 16.0 Å². The van der Waals surface area contributed by atoms with Crippen LogP contribution in [0.2, 0.25) is 0 Å². The normalized spacial score (nSPS) is 13.1. The summed E-state index contributed by atoms with van der Waals surface area (Å²) in [5, 5.41) is 3.34. The fourth-order valence-electron chi connectivity index (χ4n) is 1.66. The van der Waals surface area contributed by atoms with Crippen LogP contribution < -0.4 is 11.1 Å². The third kappa shape index (κ3) is 4.56. The first-order valence-electron chi connectivity index (χ1n) is 5.94. The van der Waals surface area contributed by atoms with Crippen molar-refractivity contribution in [3.05, 3.63) is 11.9 Å². The Balaban J connectivity index is 2.77. The summed E-state index contributed by atoms with van der Waals surface area (Å²) in [5.41, 5.74) is 5.77. The highest BCUT2D eigenvalue weighted by Gasteiger charge is 2.09. The van der Waals surface area contributed by atoms with Gasteiger partial charge in [0.25, 0.3) is 0 Å². The number of nitrogen functional groups attached to an aromatic ring is 1. The number of hydrogen-bond donors (Lipinski definition) is 2. The van der Waals surface area contributed by atoms with Gasteiger partial charge in [-0.15, -0.1) is 0 Å². The summed E-state index contributed by atoms with van der Waals surface area (Å²) in [4.78, 5) is 10.8. The molecule has 0 aliphatic heterocycles. The molecule has 0 radical (unpaired) electrons. The van der Waals surface area contributed by atoms with Crippen molar-refractivity contribution in [3.63, 3.8) is 0 Å². The lowest BCUT2D eigenvalue weighted by atomic mass is 10.2. The van der Waals surface area contributed by atoms with Crippen molar-refractivity contribution in [1.29, 1.82) is 0 Å². The molecule has 96 valence electrons. The molecule has 5 nitrogen and oxygen atoms in total. The van der Waals surface area contributed by atoms with Gasteiger partial charge in [0.05, 0.1) is 0 Å². The average Bonchev–Trinajstić information content (AvgIpc) is 2.14. The Labute approximate surface area is 103 Å². The molecule has 0 fully saturated rings. The number of nitrogens with two attached hydrogens (primary N) is 1. The van der Waals surface area contributed by atoms with Gasteiger partial charge in [0.2, 0.25) is 0 Å². The summed E-state index contributed by atoms with van der Waals surface area (Å²) in [5.74, 6) is 2.38. The van der Waals surface area contributed by atoms with Crippen LogP contribution in [-0.4, -0.2) is 41.5 Å². The maximum absolute atomic E-state index is 5.77.